The Morgan fingerprint density at radius 3 is 2.50 bits per heavy atom. The van der Waals surface area contributed by atoms with E-state index in [2.05, 4.69) is 32.5 Å². The van der Waals surface area contributed by atoms with E-state index in [0.717, 1.165) is 26.1 Å². The number of likely N-dealkylation sites (N-methyl/N-ethyl adjacent to an activating group) is 1. The van der Waals surface area contributed by atoms with Gasteiger partial charge in [0.15, 0.2) is 11.5 Å². The zero-order valence-corrected chi connectivity index (χ0v) is 20.1. The van der Waals surface area contributed by atoms with Crippen LogP contribution in [0.5, 0.6) is 17.2 Å². The highest BCUT2D eigenvalue weighted by atomic mass is 79.9. The molecule has 164 valence electrons. The summed E-state index contributed by atoms with van der Waals surface area (Å²) in [5.41, 5.74) is 0.349. The van der Waals surface area contributed by atoms with Crippen molar-refractivity contribution in [2.75, 3.05) is 38.6 Å². The average Bonchev–Trinajstić information content (AvgIpc) is 3.17. The fourth-order valence-electron chi connectivity index (χ4n) is 3.27. The maximum Gasteiger partial charge on any atom is 0.263 e. The van der Waals surface area contributed by atoms with E-state index >= 15 is 0 Å². The molecular formula is C20H24BrClN2O5S. The van der Waals surface area contributed by atoms with Crippen molar-refractivity contribution in [1.82, 2.24) is 4.90 Å². The van der Waals surface area contributed by atoms with Gasteiger partial charge in [0.1, 0.15) is 16.7 Å². The summed E-state index contributed by atoms with van der Waals surface area (Å²) in [6.07, 6.45) is 0.924. The van der Waals surface area contributed by atoms with Crippen molar-refractivity contribution in [3.8, 4) is 17.2 Å². The molecule has 1 aliphatic rings. The Kier molecular flexibility index (Phi) is 7.38. The number of nitrogens with one attached hydrogen (secondary N) is 1. The van der Waals surface area contributed by atoms with Crippen molar-refractivity contribution in [3.05, 3.63) is 39.8 Å². The number of benzene rings is 2. The van der Waals surface area contributed by atoms with Gasteiger partial charge in [0.2, 0.25) is 0 Å². The molecule has 10 heteroatoms. The first-order chi connectivity index (χ1) is 14.3. The minimum Gasteiger partial charge on any atom is -0.493 e. The number of likely N-dealkylation sites (tertiary alicyclic amines) is 1. The van der Waals surface area contributed by atoms with Crippen LogP contribution < -0.4 is 18.9 Å². The first-order valence-electron chi connectivity index (χ1n) is 9.40. The number of ether oxygens (including phenoxy) is 3. The molecule has 0 amide bonds. The molecule has 1 heterocycles. The first kappa shape index (κ1) is 23.0. The van der Waals surface area contributed by atoms with Gasteiger partial charge in [0.25, 0.3) is 10.0 Å². The van der Waals surface area contributed by atoms with Gasteiger partial charge in [-0.3, -0.25) is 9.62 Å². The highest BCUT2D eigenvalue weighted by molar-refractivity contribution is 9.10. The van der Waals surface area contributed by atoms with Crippen LogP contribution in [0.1, 0.15) is 13.3 Å². The van der Waals surface area contributed by atoms with Gasteiger partial charge in [0, 0.05) is 29.7 Å². The summed E-state index contributed by atoms with van der Waals surface area (Å²) in [4.78, 5) is 2.31. The largest absolute Gasteiger partial charge is 0.493 e. The van der Waals surface area contributed by atoms with Crippen molar-refractivity contribution in [3.63, 3.8) is 0 Å². The number of nitrogens with zero attached hydrogens (tertiary/aromatic N) is 1. The van der Waals surface area contributed by atoms with Crippen molar-refractivity contribution in [2.45, 2.75) is 24.3 Å². The van der Waals surface area contributed by atoms with Gasteiger partial charge in [-0.2, -0.15) is 0 Å². The summed E-state index contributed by atoms with van der Waals surface area (Å²) < 4.78 is 45.4. The van der Waals surface area contributed by atoms with Gasteiger partial charge >= 0.3 is 0 Å². The van der Waals surface area contributed by atoms with Crippen molar-refractivity contribution >= 4 is 43.2 Å². The monoisotopic (exact) mass is 518 g/mol. The van der Waals surface area contributed by atoms with Crippen LogP contribution in [0.3, 0.4) is 0 Å². The molecule has 0 spiro atoms. The summed E-state index contributed by atoms with van der Waals surface area (Å²) in [5, 5.41) is 0.431. The number of hydrogen-bond acceptors (Lipinski definition) is 6. The molecule has 2 aromatic rings. The van der Waals surface area contributed by atoms with Gasteiger partial charge in [-0.1, -0.05) is 18.5 Å². The number of sulfonamides is 1. The summed E-state index contributed by atoms with van der Waals surface area (Å²) in [7, 11) is -0.983. The molecule has 1 atom stereocenters. The fraction of sp³-hybridized carbons (Fsp3) is 0.400. The Hall–Kier alpha value is -1.68. The van der Waals surface area contributed by atoms with Gasteiger partial charge in [-0.15, -0.1) is 0 Å². The molecule has 0 saturated carbocycles. The van der Waals surface area contributed by atoms with Crippen LogP contribution >= 0.6 is 27.5 Å². The topological polar surface area (TPSA) is 77.1 Å². The molecule has 2 aromatic carbocycles. The van der Waals surface area contributed by atoms with Crippen LogP contribution in [0, 0.1) is 0 Å². The predicted molar refractivity (Wildman–Crippen MR) is 121 cm³/mol. The number of rotatable bonds is 8. The Morgan fingerprint density at radius 2 is 1.87 bits per heavy atom. The maximum absolute atomic E-state index is 13.0. The van der Waals surface area contributed by atoms with E-state index in [1.807, 2.05) is 0 Å². The number of methoxy groups -OCH3 is 2. The molecule has 1 fully saturated rings. The standard InChI is InChI=1S/C20H24BrClN2O5S/c1-4-24-8-7-14(12-24)29-17-9-13(5-6-16(17)22)23-30(25,26)20-11-19(28-3)18(27-2)10-15(20)21/h5-6,9-11,14,23H,4,7-8,12H2,1-3H3/t14-/m1/s1. The molecule has 0 radical (unpaired) electrons. The molecule has 0 bridgehead atoms. The number of halogens is 2. The molecule has 0 aliphatic carbocycles. The minimum absolute atomic E-state index is 0.0203. The fourth-order valence-corrected chi connectivity index (χ4v) is 5.52. The van der Waals surface area contributed by atoms with E-state index in [0.29, 0.717) is 32.4 Å². The van der Waals surface area contributed by atoms with Crippen LogP contribution in [0.25, 0.3) is 0 Å². The van der Waals surface area contributed by atoms with E-state index in [1.54, 1.807) is 24.3 Å². The highest BCUT2D eigenvalue weighted by Crippen LogP contribution is 2.37. The minimum atomic E-state index is -3.91. The van der Waals surface area contributed by atoms with Crippen LogP contribution in [0.15, 0.2) is 39.7 Å². The molecule has 1 N–H and O–H groups in total. The summed E-state index contributed by atoms with van der Waals surface area (Å²) in [5.74, 6) is 1.18. The summed E-state index contributed by atoms with van der Waals surface area (Å²) in [6.45, 7) is 4.87. The second-order valence-corrected chi connectivity index (χ2v) is 9.72. The van der Waals surface area contributed by atoms with Crippen molar-refractivity contribution in [2.24, 2.45) is 0 Å². The van der Waals surface area contributed by atoms with E-state index in [1.165, 1.54) is 20.3 Å². The SMILES string of the molecule is CCN1CC[C@@H](Oc2cc(NS(=O)(=O)c3cc(OC)c(OC)cc3Br)ccc2Cl)C1. The zero-order chi connectivity index (χ0) is 21.9. The molecule has 1 saturated heterocycles. The normalized spacial score (nSPS) is 17.0. The van der Waals surface area contributed by atoms with Crippen LogP contribution in [0.4, 0.5) is 5.69 Å². The lowest BCUT2D eigenvalue weighted by atomic mass is 10.3. The molecular weight excluding hydrogens is 496 g/mol. The second-order valence-electron chi connectivity index (χ2n) is 6.81. The number of hydrogen-bond donors (Lipinski definition) is 1. The molecule has 0 unspecified atom stereocenters. The van der Waals surface area contributed by atoms with Gasteiger partial charge in [-0.05, 0) is 47.1 Å². The Bertz CT molecular complexity index is 1020. The molecule has 1 aliphatic heterocycles. The van der Waals surface area contributed by atoms with E-state index in [9.17, 15) is 8.42 Å². The number of anilines is 1. The lowest BCUT2D eigenvalue weighted by Crippen LogP contribution is -2.24. The van der Waals surface area contributed by atoms with Crippen LogP contribution in [0.2, 0.25) is 5.02 Å². The van der Waals surface area contributed by atoms with Gasteiger partial charge < -0.3 is 14.2 Å². The average molecular weight is 520 g/mol. The van der Waals surface area contributed by atoms with Crippen LogP contribution in [-0.2, 0) is 10.0 Å². The lowest BCUT2D eigenvalue weighted by molar-refractivity contribution is 0.203. The maximum atomic E-state index is 13.0. The summed E-state index contributed by atoms with van der Waals surface area (Å²) in [6, 6.07) is 7.75. The third-order valence-corrected chi connectivity index (χ3v) is 7.53. The van der Waals surface area contributed by atoms with E-state index in [4.69, 9.17) is 25.8 Å². The van der Waals surface area contributed by atoms with E-state index in [-0.39, 0.29) is 11.0 Å². The zero-order valence-electron chi connectivity index (χ0n) is 16.9. The third kappa shape index (κ3) is 5.14. The predicted octanol–water partition coefficient (Wildman–Crippen LogP) is 4.39. The second kappa shape index (κ2) is 9.64. The summed E-state index contributed by atoms with van der Waals surface area (Å²) >= 11 is 9.57. The third-order valence-electron chi connectivity index (χ3n) is 4.88. The van der Waals surface area contributed by atoms with Gasteiger partial charge in [0.05, 0.1) is 24.9 Å². The van der Waals surface area contributed by atoms with Crippen molar-refractivity contribution in [1.29, 1.82) is 0 Å². The smallest absolute Gasteiger partial charge is 0.263 e. The Labute approximate surface area is 190 Å². The van der Waals surface area contributed by atoms with Crippen molar-refractivity contribution < 1.29 is 22.6 Å². The Balaban J connectivity index is 1.84. The van der Waals surface area contributed by atoms with Crippen LogP contribution in [-0.4, -0.2) is 53.3 Å². The Morgan fingerprint density at radius 1 is 1.17 bits per heavy atom. The highest BCUT2D eigenvalue weighted by Gasteiger charge is 2.25. The quantitative estimate of drug-likeness (QED) is 0.557. The lowest BCUT2D eigenvalue weighted by Gasteiger charge is -2.17. The first-order valence-corrected chi connectivity index (χ1v) is 12.1. The molecule has 7 nitrogen and oxygen atoms in total. The van der Waals surface area contributed by atoms with Gasteiger partial charge in [-0.25, -0.2) is 8.42 Å². The van der Waals surface area contributed by atoms with E-state index < -0.39 is 10.0 Å². The molecule has 3 rings (SSSR count). The molecule has 30 heavy (non-hydrogen) atoms. The molecule has 0 aromatic heterocycles.